The molecule has 0 spiro atoms. The first kappa shape index (κ1) is 19.6. The molecule has 2 heterocycles. The molecular formula is C24H29N3O2. The first-order chi connectivity index (χ1) is 13.9. The summed E-state index contributed by atoms with van der Waals surface area (Å²) in [6, 6.07) is 15.6. The minimum Gasteiger partial charge on any atom is -0.358 e. The highest BCUT2D eigenvalue weighted by Crippen LogP contribution is 2.51. The van der Waals surface area contributed by atoms with Crippen molar-refractivity contribution in [2.45, 2.75) is 38.4 Å². The average Bonchev–Trinajstić information content (AvgIpc) is 3.17. The highest BCUT2D eigenvalue weighted by atomic mass is 16.2. The van der Waals surface area contributed by atoms with Gasteiger partial charge in [0.1, 0.15) is 0 Å². The van der Waals surface area contributed by atoms with Crippen LogP contribution in [0.2, 0.25) is 0 Å². The molecule has 2 aliphatic rings. The Hall–Kier alpha value is -2.66. The number of rotatable bonds is 5. The standard InChI is InChI=1S/C24H29N3O2/c1-5-27(16-17-9-7-6-8-10-17)22(29)21(28)18-11-12-20-19(15-18)24(2)13-14-25(3)23(24)26(20)4/h6-12,15,23H,5,13-14,16H2,1-4H3. The molecule has 0 aliphatic carbocycles. The molecule has 4 rings (SSSR count). The molecule has 1 amide bonds. The number of Topliss-reactive ketones (excluding diaryl/α,β-unsaturated/α-hetero) is 1. The number of anilines is 1. The van der Waals surface area contributed by atoms with Crippen molar-refractivity contribution in [2.75, 3.05) is 32.1 Å². The molecule has 1 saturated heterocycles. The number of carbonyl (C=O) groups excluding carboxylic acids is 2. The summed E-state index contributed by atoms with van der Waals surface area (Å²) in [7, 11) is 4.26. The number of ketones is 1. The van der Waals surface area contributed by atoms with Crippen molar-refractivity contribution >= 4 is 17.4 Å². The molecule has 2 atom stereocenters. The van der Waals surface area contributed by atoms with Gasteiger partial charge in [-0.2, -0.15) is 0 Å². The van der Waals surface area contributed by atoms with Gasteiger partial charge in [0.25, 0.3) is 5.91 Å². The number of carbonyl (C=O) groups is 2. The van der Waals surface area contributed by atoms with E-state index < -0.39 is 11.7 Å². The zero-order chi connectivity index (χ0) is 20.8. The molecule has 5 heteroatoms. The normalized spacial score (nSPS) is 23.0. The van der Waals surface area contributed by atoms with Crippen LogP contribution in [0.1, 0.15) is 41.8 Å². The SMILES string of the molecule is CCN(Cc1ccccc1)C(=O)C(=O)c1ccc2c(c1)C1(C)CCN(C)C1N2C. The van der Waals surface area contributed by atoms with Gasteiger partial charge in [-0.3, -0.25) is 14.5 Å². The number of hydrogen-bond donors (Lipinski definition) is 0. The lowest BCUT2D eigenvalue weighted by atomic mass is 9.80. The van der Waals surface area contributed by atoms with E-state index >= 15 is 0 Å². The Balaban J connectivity index is 1.60. The van der Waals surface area contributed by atoms with Crippen molar-refractivity contribution in [2.24, 2.45) is 0 Å². The van der Waals surface area contributed by atoms with Crippen LogP contribution >= 0.6 is 0 Å². The maximum absolute atomic E-state index is 13.1. The van der Waals surface area contributed by atoms with Gasteiger partial charge in [-0.05, 0) is 49.7 Å². The minimum absolute atomic E-state index is 0.0212. The summed E-state index contributed by atoms with van der Waals surface area (Å²) in [4.78, 5) is 32.3. The van der Waals surface area contributed by atoms with Crippen LogP contribution in [0, 0.1) is 0 Å². The molecule has 152 valence electrons. The van der Waals surface area contributed by atoms with Gasteiger partial charge in [0.15, 0.2) is 0 Å². The Kier molecular flexibility index (Phi) is 4.95. The Bertz CT molecular complexity index is 942. The Morgan fingerprint density at radius 2 is 1.86 bits per heavy atom. The molecule has 2 aromatic rings. The topological polar surface area (TPSA) is 43.9 Å². The van der Waals surface area contributed by atoms with Gasteiger partial charge >= 0.3 is 0 Å². The number of likely N-dealkylation sites (tertiary alicyclic amines) is 1. The Labute approximate surface area is 172 Å². The van der Waals surface area contributed by atoms with E-state index in [0.717, 1.165) is 24.2 Å². The highest BCUT2D eigenvalue weighted by molar-refractivity contribution is 6.42. The largest absolute Gasteiger partial charge is 0.358 e. The van der Waals surface area contributed by atoms with Crippen molar-refractivity contribution in [1.29, 1.82) is 0 Å². The number of hydrogen-bond acceptors (Lipinski definition) is 4. The molecule has 0 radical (unpaired) electrons. The average molecular weight is 392 g/mol. The highest BCUT2D eigenvalue weighted by Gasteiger charge is 2.52. The van der Waals surface area contributed by atoms with Crippen molar-refractivity contribution in [3.05, 3.63) is 65.2 Å². The summed E-state index contributed by atoms with van der Waals surface area (Å²) < 4.78 is 0. The number of benzene rings is 2. The van der Waals surface area contributed by atoms with Gasteiger partial charge in [-0.15, -0.1) is 0 Å². The fraction of sp³-hybridized carbons (Fsp3) is 0.417. The summed E-state index contributed by atoms with van der Waals surface area (Å²) in [5.74, 6) is -0.862. The summed E-state index contributed by atoms with van der Waals surface area (Å²) in [6.07, 6.45) is 1.34. The van der Waals surface area contributed by atoms with E-state index in [1.807, 2.05) is 49.4 Å². The fourth-order valence-electron chi connectivity index (χ4n) is 5.12. The van der Waals surface area contributed by atoms with E-state index in [2.05, 4.69) is 30.8 Å². The van der Waals surface area contributed by atoms with Crippen LogP contribution in [0.15, 0.2) is 48.5 Å². The molecule has 1 fully saturated rings. The van der Waals surface area contributed by atoms with Gasteiger partial charge in [0.2, 0.25) is 5.78 Å². The monoisotopic (exact) mass is 391 g/mol. The maximum atomic E-state index is 13.1. The molecule has 0 N–H and O–H groups in total. The summed E-state index contributed by atoms with van der Waals surface area (Å²) in [5.41, 5.74) is 3.83. The van der Waals surface area contributed by atoms with E-state index in [-0.39, 0.29) is 5.41 Å². The predicted molar refractivity (Wildman–Crippen MR) is 115 cm³/mol. The zero-order valence-electron chi connectivity index (χ0n) is 17.7. The second kappa shape index (κ2) is 7.30. The third-order valence-electron chi connectivity index (χ3n) is 6.67. The first-order valence-corrected chi connectivity index (χ1v) is 10.3. The second-order valence-electron chi connectivity index (χ2n) is 8.50. The molecule has 29 heavy (non-hydrogen) atoms. The lowest BCUT2D eigenvalue weighted by molar-refractivity contribution is -0.126. The van der Waals surface area contributed by atoms with Gasteiger partial charge in [0, 0.05) is 43.3 Å². The maximum Gasteiger partial charge on any atom is 0.295 e. The molecular weight excluding hydrogens is 362 g/mol. The van der Waals surface area contributed by atoms with E-state index in [9.17, 15) is 9.59 Å². The summed E-state index contributed by atoms with van der Waals surface area (Å²) in [5, 5.41) is 0. The van der Waals surface area contributed by atoms with Crippen LogP contribution in [-0.4, -0.2) is 54.8 Å². The molecule has 2 unspecified atom stereocenters. The first-order valence-electron chi connectivity index (χ1n) is 10.3. The number of nitrogens with zero attached hydrogens (tertiary/aromatic N) is 3. The minimum atomic E-state index is -0.437. The van der Waals surface area contributed by atoms with Crippen molar-refractivity contribution < 1.29 is 9.59 Å². The molecule has 0 bridgehead atoms. The van der Waals surface area contributed by atoms with Crippen LogP contribution < -0.4 is 4.90 Å². The summed E-state index contributed by atoms with van der Waals surface area (Å²) >= 11 is 0. The smallest absolute Gasteiger partial charge is 0.295 e. The molecule has 2 aliphatic heterocycles. The van der Waals surface area contributed by atoms with Gasteiger partial charge in [-0.25, -0.2) is 0 Å². The predicted octanol–water partition coefficient (Wildman–Crippen LogP) is 3.29. The van der Waals surface area contributed by atoms with E-state index in [1.165, 1.54) is 5.56 Å². The summed E-state index contributed by atoms with van der Waals surface area (Å²) in [6.45, 7) is 6.15. The van der Waals surface area contributed by atoms with Crippen molar-refractivity contribution in [1.82, 2.24) is 9.80 Å². The molecule has 2 aromatic carbocycles. The van der Waals surface area contributed by atoms with Gasteiger partial charge < -0.3 is 9.80 Å². The van der Waals surface area contributed by atoms with Crippen LogP contribution in [-0.2, 0) is 16.8 Å². The Morgan fingerprint density at radius 3 is 2.55 bits per heavy atom. The third kappa shape index (κ3) is 3.14. The van der Waals surface area contributed by atoms with E-state index in [0.29, 0.717) is 24.8 Å². The van der Waals surface area contributed by atoms with Crippen molar-refractivity contribution in [3.63, 3.8) is 0 Å². The van der Waals surface area contributed by atoms with Crippen molar-refractivity contribution in [3.8, 4) is 0 Å². The lowest BCUT2D eigenvalue weighted by Gasteiger charge is -2.32. The third-order valence-corrected chi connectivity index (χ3v) is 6.67. The van der Waals surface area contributed by atoms with E-state index in [1.54, 1.807) is 11.0 Å². The van der Waals surface area contributed by atoms with Gasteiger partial charge in [-0.1, -0.05) is 37.3 Å². The zero-order valence-corrected chi connectivity index (χ0v) is 17.7. The number of fused-ring (bicyclic) bond motifs is 3. The van der Waals surface area contributed by atoms with Crippen LogP contribution in [0.25, 0.3) is 0 Å². The van der Waals surface area contributed by atoms with Gasteiger partial charge in [0.05, 0.1) is 6.17 Å². The lowest BCUT2D eigenvalue weighted by Crippen LogP contribution is -2.45. The number of likely N-dealkylation sites (N-methyl/N-ethyl adjacent to an activating group) is 3. The Morgan fingerprint density at radius 1 is 1.14 bits per heavy atom. The van der Waals surface area contributed by atoms with Crippen LogP contribution in [0.4, 0.5) is 5.69 Å². The second-order valence-corrected chi connectivity index (χ2v) is 8.50. The molecule has 0 saturated carbocycles. The van der Waals surface area contributed by atoms with Crippen LogP contribution in [0.3, 0.4) is 0 Å². The quantitative estimate of drug-likeness (QED) is 0.580. The van der Waals surface area contributed by atoms with Crippen LogP contribution in [0.5, 0.6) is 0 Å². The molecule has 5 nitrogen and oxygen atoms in total. The van der Waals surface area contributed by atoms with E-state index in [4.69, 9.17) is 0 Å². The molecule has 0 aromatic heterocycles. The number of amides is 1. The fourth-order valence-corrected chi connectivity index (χ4v) is 5.12.